The van der Waals surface area contributed by atoms with Crippen LogP contribution in [0.4, 0.5) is 0 Å². The predicted molar refractivity (Wildman–Crippen MR) is 91.1 cm³/mol. The van der Waals surface area contributed by atoms with E-state index in [0.29, 0.717) is 0 Å². The van der Waals surface area contributed by atoms with E-state index >= 15 is 0 Å². The maximum Gasteiger partial charge on any atom is 0.169 e. The fourth-order valence-electron chi connectivity index (χ4n) is 2.11. The maximum atomic E-state index is 5.49. The molecule has 0 amide bonds. The molecule has 1 N–H and O–H groups in total. The van der Waals surface area contributed by atoms with E-state index in [-0.39, 0.29) is 0 Å². The zero-order valence-corrected chi connectivity index (χ0v) is 13.1. The molecule has 21 heavy (non-hydrogen) atoms. The smallest absolute Gasteiger partial charge is 0.169 e. The molecule has 0 aliphatic rings. The summed E-state index contributed by atoms with van der Waals surface area (Å²) in [5, 5.41) is 4.15. The average molecular weight is 299 g/mol. The molecule has 0 fully saturated rings. The molecule has 1 heterocycles. The van der Waals surface area contributed by atoms with E-state index in [9.17, 15) is 0 Å². The molecule has 0 aliphatic carbocycles. The van der Waals surface area contributed by atoms with Crippen molar-refractivity contribution in [3.05, 3.63) is 66.0 Å². The van der Waals surface area contributed by atoms with E-state index < -0.39 is 0 Å². The molecule has 4 heteroatoms. The van der Waals surface area contributed by atoms with Crippen LogP contribution >= 0.6 is 12.2 Å². The van der Waals surface area contributed by atoms with Gasteiger partial charge in [-0.2, -0.15) is 0 Å². The lowest BCUT2D eigenvalue weighted by atomic mass is 10.2. The van der Waals surface area contributed by atoms with E-state index in [1.807, 2.05) is 30.6 Å². The van der Waals surface area contributed by atoms with Crippen molar-refractivity contribution in [2.45, 2.75) is 19.9 Å². The Balaban J connectivity index is 1.80. The van der Waals surface area contributed by atoms with Gasteiger partial charge in [0.1, 0.15) is 0 Å². The molecule has 0 aliphatic heterocycles. The Morgan fingerprint density at radius 2 is 1.81 bits per heavy atom. The SMILES string of the molecule is CCN(Cc1ccccc1)C(=S)NCCc1ccncc1. The zero-order valence-electron chi connectivity index (χ0n) is 12.3. The van der Waals surface area contributed by atoms with Gasteiger partial charge in [0.15, 0.2) is 5.11 Å². The van der Waals surface area contributed by atoms with Crippen LogP contribution in [-0.2, 0) is 13.0 Å². The quantitative estimate of drug-likeness (QED) is 0.830. The zero-order chi connectivity index (χ0) is 14.9. The molecular weight excluding hydrogens is 278 g/mol. The van der Waals surface area contributed by atoms with E-state index in [2.05, 4.69) is 46.4 Å². The lowest BCUT2D eigenvalue weighted by molar-refractivity contribution is 0.427. The molecule has 2 aromatic rings. The van der Waals surface area contributed by atoms with Crippen molar-refractivity contribution in [1.82, 2.24) is 15.2 Å². The topological polar surface area (TPSA) is 28.2 Å². The highest BCUT2D eigenvalue weighted by Gasteiger charge is 2.07. The van der Waals surface area contributed by atoms with Crippen LogP contribution in [0.15, 0.2) is 54.9 Å². The van der Waals surface area contributed by atoms with Gasteiger partial charge in [-0.25, -0.2) is 0 Å². The van der Waals surface area contributed by atoms with Crippen LogP contribution in [0.2, 0.25) is 0 Å². The van der Waals surface area contributed by atoms with Crippen molar-refractivity contribution in [1.29, 1.82) is 0 Å². The third-order valence-corrected chi connectivity index (χ3v) is 3.73. The molecule has 3 nitrogen and oxygen atoms in total. The maximum absolute atomic E-state index is 5.49. The molecule has 110 valence electrons. The second-order valence-corrected chi connectivity index (χ2v) is 5.22. The Morgan fingerprint density at radius 1 is 1.10 bits per heavy atom. The van der Waals surface area contributed by atoms with Crippen LogP contribution in [0.5, 0.6) is 0 Å². The minimum absolute atomic E-state index is 0.815. The first kappa shape index (κ1) is 15.4. The number of thiocarbonyl (C=S) groups is 1. The fraction of sp³-hybridized carbons (Fsp3) is 0.294. The average Bonchev–Trinajstić information content (AvgIpc) is 2.54. The van der Waals surface area contributed by atoms with Crippen LogP contribution < -0.4 is 5.32 Å². The third kappa shape index (κ3) is 5.16. The summed E-state index contributed by atoms with van der Waals surface area (Å²) in [4.78, 5) is 6.20. The molecule has 0 saturated carbocycles. The molecule has 0 radical (unpaired) electrons. The first-order valence-corrected chi connectivity index (χ1v) is 7.66. The molecule has 0 saturated heterocycles. The molecule has 1 aromatic carbocycles. The van der Waals surface area contributed by atoms with Gasteiger partial charge in [0, 0.05) is 32.0 Å². The molecular formula is C17H21N3S. The molecule has 0 atom stereocenters. The van der Waals surface area contributed by atoms with Crippen molar-refractivity contribution in [3.8, 4) is 0 Å². The number of nitrogens with one attached hydrogen (secondary N) is 1. The summed E-state index contributed by atoms with van der Waals surface area (Å²) in [7, 11) is 0. The first-order valence-electron chi connectivity index (χ1n) is 7.25. The van der Waals surface area contributed by atoms with Crippen LogP contribution in [0.25, 0.3) is 0 Å². The fourth-order valence-corrected chi connectivity index (χ4v) is 2.40. The summed E-state index contributed by atoms with van der Waals surface area (Å²) >= 11 is 5.49. The van der Waals surface area contributed by atoms with Gasteiger partial charge in [0.25, 0.3) is 0 Å². The number of aromatic nitrogens is 1. The van der Waals surface area contributed by atoms with E-state index in [0.717, 1.165) is 31.2 Å². The summed E-state index contributed by atoms with van der Waals surface area (Å²) in [5.41, 5.74) is 2.55. The Labute approximate surface area is 132 Å². The number of nitrogens with zero attached hydrogens (tertiary/aromatic N) is 2. The molecule has 0 spiro atoms. The second kappa shape index (κ2) is 8.37. The predicted octanol–water partition coefficient (Wildman–Crippen LogP) is 3.02. The monoisotopic (exact) mass is 299 g/mol. The van der Waals surface area contributed by atoms with E-state index in [4.69, 9.17) is 12.2 Å². The highest BCUT2D eigenvalue weighted by atomic mass is 32.1. The molecule has 0 unspecified atom stereocenters. The van der Waals surface area contributed by atoms with Gasteiger partial charge in [0.05, 0.1) is 0 Å². The lowest BCUT2D eigenvalue weighted by Crippen LogP contribution is -2.39. The number of pyridine rings is 1. The summed E-state index contributed by atoms with van der Waals surface area (Å²) in [6, 6.07) is 14.5. The van der Waals surface area contributed by atoms with Crippen LogP contribution in [0.1, 0.15) is 18.1 Å². The highest BCUT2D eigenvalue weighted by molar-refractivity contribution is 7.80. The molecule has 2 rings (SSSR count). The first-order chi connectivity index (χ1) is 10.3. The van der Waals surface area contributed by atoms with E-state index in [1.54, 1.807) is 0 Å². The van der Waals surface area contributed by atoms with Crippen LogP contribution in [0, 0.1) is 0 Å². The van der Waals surface area contributed by atoms with Crippen molar-refractivity contribution in [2.24, 2.45) is 0 Å². The largest absolute Gasteiger partial charge is 0.362 e. The summed E-state index contributed by atoms with van der Waals surface area (Å²) in [5.74, 6) is 0. The Morgan fingerprint density at radius 3 is 2.48 bits per heavy atom. The normalized spacial score (nSPS) is 10.1. The van der Waals surface area contributed by atoms with Gasteiger partial charge >= 0.3 is 0 Å². The lowest BCUT2D eigenvalue weighted by Gasteiger charge is -2.24. The minimum atomic E-state index is 0.815. The Bertz CT molecular complexity index is 542. The van der Waals surface area contributed by atoms with Crippen molar-refractivity contribution in [2.75, 3.05) is 13.1 Å². The third-order valence-electron chi connectivity index (χ3n) is 3.32. The number of hydrogen-bond donors (Lipinski definition) is 1. The standard InChI is InChI=1S/C17H21N3S/c1-2-20(14-16-6-4-3-5-7-16)17(21)19-13-10-15-8-11-18-12-9-15/h3-9,11-12H,2,10,13-14H2,1H3,(H,19,21). The minimum Gasteiger partial charge on any atom is -0.362 e. The van der Waals surface area contributed by atoms with Gasteiger partial charge in [0.2, 0.25) is 0 Å². The van der Waals surface area contributed by atoms with Crippen molar-refractivity contribution in [3.63, 3.8) is 0 Å². The Hall–Kier alpha value is -1.94. The van der Waals surface area contributed by atoms with Crippen molar-refractivity contribution >= 4 is 17.3 Å². The van der Waals surface area contributed by atoms with Crippen molar-refractivity contribution < 1.29 is 0 Å². The van der Waals surface area contributed by atoms with Gasteiger partial charge in [-0.3, -0.25) is 4.98 Å². The highest BCUT2D eigenvalue weighted by Crippen LogP contribution is 2.04. The number of benzene rings is 1. The van der Waals surface area contributed by atoms with Gasteiger partial charge < -0.3 is 10.2 Å². The number of hydrogen-bond acceptors (Lipinski definition) is 2. The van der Waals surface area contributed by atoms with Gasteiger partial charge in [-0.05, 0) is 48.8 Å². The van der Waals surface area contributed by atoms with Crippen LogP contribution in [-0.4, -0.2) is 28.1 Å². The molecule has 0 bridgehead atoms. The van der Waals surface area contributed by atoms with Crippen LogP contribution in [0.3, 0.4) is 0 Å². The second-order valence-electron chi connectivity index (χ2n) is 4.84. The summed E-state index contributed by atoms with van der Waals surface area (Å²) < 4.78 is 0. The van der Waals surface area contributed by atoms with Gasteiger partial charge in [-0.15, -0.1) is 0 Å². The van der Waals surface area contributed by atoms with E-state index in [1.165, 1.54) is 11.1 Å². The number of rotatable bonds is 6. The Kier molecular flexibility index (Phi) is 6.16. The summed E-state index contributed by atoms with van der Waals surface area (Å²) in [6.45, 7) is 4.71. The molecule has 1 aromatic heterocycles. The summed E-state index contributed by atoms with van der Waals surface area (Å²) in [6.07, 6.45) is 4.59. The van der Waals surface area contributed by atoms with Gasteiger partial charge in [-0.1, -0.05) is 30.3 Å².